The third kappa shape index (κ3) is 4.61. The summed E-state index contributed by atoms with van der Waals surface area (Å²) in [4.78, 5) is 38.2. The van der Waals surface area contributed by atoms with Gasteiger partial charge < -0.3 is 20.1 Å². The normalized spacial score (nSPS) is 14.3. The lowest BCUT2D eigenvalue weighted by Gasteiger charge is -2.31. The van der Waals surface area contributed by atoms with Crippen LogP contribution in [0.25, 0.3) is 11.1 Å². The van der Waals surface area contributed by atoms with E-state index in [-0.39, 0.29) is 25.0 Å². The molecule has 1 unspecified atom stereocenters. The number of carbonyl (C=O) groups is 3. The molecule has 2 aromatic rings. The van der Waals surface area contributed by atoms with Crippen LogP contribution in [0.4, 0.5) is 4.79 Å². The maximum Gasteiger partial charge on any atom is 0.407 e. The van der Waals surface area contributed by atoms with Crippen molar-refractivity contribution in [2.24, 2.45) is 5.92 Å². The van der Waals surface area contributed by atoms with Crippen molar-refractivity contribution in [3.63, 3.8) is 0 Å². The van der Waals surface area contributed by atoms with E-state index in [1.54, 1.807) is 20.8 Å². The van der Waals surface area contributed by atoms with Gasteiger partial charge in [-0.1, -0.05) is 62.4 Å². The number of nitrogens with one attached hydrogen (secondary N) is 1. The fraction of sp³-hybridized carbons (Fsp3) is 0.400. The Morgan fingerprint density at radius 1 is 1.00 bits per heavy atom. The number of carboxylic acids is 1. The molecule has 2 amide bonds. The van der Waals surface area contributed by atoms with Gasteiger partial charge in [0.15, 0.2) is 0 Å². The van der Waals surface area contributed by atoms with Crippen LogP contribution in [-0.4, -0.2) is 53.2 Å². The van der Waals surface area contributed by atoms with Gasteiger partial charge in [0.05, 0.1) is 0 Å². The third-order valence-electron chi connectivity index (χ3n) is 6.00. The topological polar surface area (TPSA) is 95.9 Å². The number of hydrogen-bond donors (Lipinski definition) is 2. The molecule has 32 heavy (non-hydrogen) atoms. The Bertz CT molecular complexity index is 958. The maximum absolute atomic E-state index is 13.0. The van der Waals surface area contributed by atoms with Gasteiger partial charge in [-0.05, 0) is 42.0 Å². The molecule has 0 aromatic heterocycles. The van der Waals surface area contributed by atoms with E-state index in [2.05, 4.69) is 17.4 Å². The second kappa shape index (κ2) is 9.85. The minimum atomic E-state index is -1.09. The van der Waals surface area contributed by atoms with Crippen LogP contribution in [0, 0.1) is 5.92 Å². The van der Waals surface area contributed by atoms with Crippen LogP contribution in [0.5, 0.6) is 0 Å². The molecule has 0 saturated heterocycles. The maximum atomic E-state index is 13.0. The number of hydrogen-bond acceptors (Lipinski definition) is 4. The van der Waals surface area contributed by atoms with Gasteiger partial charge >= 0.3 is 12.1 Å². The first-order valence-corrected chi connectivity index (χ1v) is 10.9. The second-order valence-corrected chi connectivity index (χ2v) is 8.33. The predicted molar refractivity (Wildman–Crippen MR) is 121 cm³/mol. The lowest BCUT2D eigenvalue weighted by atomic mass is 9.98. The summed E-state index contributed by atoms with van der Waals surface area (Å²) in [6.45, 7) is 7.12. The first kappa shape index (κ1) is 23.3. The van der Waals surface area contributed by atoms with Crippen molar-refractivity contribution in [2.45, 2.75) is 45.7 Å². The lowest BCUT2D eigenvalue weighted by Crippen LogP contribution is -2.55. The Hall–Kier alpha value is -3.35. The Kier molecular flexibility index (Phi) is 7.18. The lowest BCUT2D eigenvalue weighted by molar-refractivity contribution is -0.150. The van der Waals surface area contributed by atoms with Crippen molar-refractivity contribution in [1.29, 1.82) is 0 Å². The van der Waals surface area contributed by atoms with Gasteiger partial charge in [0, 0.05) is 12.5 Å². The minimum absolute atomic E-state index is 0.0828. The van der Waals surface area contributed by atoms with E-state index >= 15 is 0 Å². The van der Waals surface area contributed by atoms with Crippen LogP contribution < -0.4 is 5.32 Å². The van der Waals surface area contributed by atoms with E-state index in [4.69, 9.17) is 4.74 Å². The number of carbonyl (C=O) groups excluding carboxylic acids is 2. The van der Waals surface area contributed by atoms with Gasteiger partial charge in [-0.15, -0.1) is 0 Å². The molecule has 0 spiro atoms. The Labute approximate surface area is 188 Å². The molecule has 170 valence electrons. The van der Waals surface area contributed by atoms with E-state index in [1.165, 1.54) is 11.8 Å². The smallest absolute Gasteiger partial charge is 0.407 e. The Balaban J connectivity index is 1.70. The molecule has 0 fully saturated rings. The van der Waals surface area contributed by atoms with Crippen LogP contribution in [0.2, 0.25) is 0 Å². The van der Waals surface area contributed by atoms with Crippen molar-refractivity contribution < 1.29 is 24.2 Å². The van der Waals surface area contributed by atoms with Crippen LogP contribution in [0.15, 0.2) is 48.5 Å². The first-order valence-electron chi connectivity index (χ1n) is 10.9. The number of alkyl carbamates (subject to hydrolysis) is 1. The van der Waals surface area contributed by atoms with Crippen molar-refractivity contribution >= 4 is 18.0 Å². The van der Waals surface area contributed by atoms with Crippen molar-refractivity contribution in [1.82, 2.24) is 10.2 Å². The average molecular weight is 439 g/mol. The molecular weight excluding hydrogens is 408 g/mol. The standard InChI is InChI=1S/C25H30N2O5/c1-5-27(16(4)24(29)30)23(28)22(15(2)3)26-25(31)32-14-21-19-12-8-6-10-17(19)18-11-7-9-13-20(18)21/h6-13,15-16,21-22H,5,14H2,1-4H3,(H,26,31)(H,29,30)/t16?,22-/m0/s1. The van der Waals surface area contributed by atoms with E-state index in [0.29, 0.717) is 0 Å². The van der Waals surface area contributed by atoms with Crippen LogP contribution in [-0.2, 0) is 14.3 Å². The molecule has 0 heterocycles. The number of benzene rings is 2. The van der Waals surface area contributed by atoms with E-state index < -0.39 is 30.1 Å². The number of nitrogens with zero attached hydrogens (tertiary/aromatic N) is 1. The summed E-state index contributed by atoms with van der Waals surface area (Å²) in [5.41, 5.74) is 4.47. The monoisotopic (exact) mass is 438 g/mol. The molecule has 2 aromatic carbocycles. The predicted octanol–water partition coefficient (Wildman–Crippen LogP) is 3.87. The quantitative estimate of drug-likeness (QED) is 0.652. The second-order valence-electron chi connectivity index (χ2n) is 8.33. The molecule has 2 atom stereocenters. The summed E-state index contributed by atoms with van der Waals surface area (Å²) < 4.78 is 5.55. The molecule has 2 N–H and O–H groups in total. The van der Waals surface area contributed by atoms with Crippen molar-refractivity contribution in [3.05, 3.63) is 59.7 Å². The van der Waals surface area contributed by atoms with Gasteiger partial charge in [0.1, 0.15) is 18.7 Å². The van der Waals surface area contributed by atoms with Crippen molar-refractivity contribution in [3.8, 4) is 11.1 Å². The fourth-order valence-electron chi connectivity index (χ4n) is 4.21. The summed E-state index contributed by atoms with van der Waals surface area (Å²) >= 11 is 0. The highest BCUT2D eigenvalue weighted by atomic mass is 16.5. The summed E-state index contributed by atoms with van der Waals surface area (Å²) in [6.07, 6.45) is -0.696. The Morgan fingerprint density at radius 3 is 2.00 bits per heavy atom. The number of fused-ring (bicyclic) bond motifs is 3. The van der Waals surface area contributed by atoms with Gasteiger partial charge in [0.25, 0.3) is 0 Å². The van der Waals surface area contributed by atoms with Crippen LogP contribution in [0.1, 0.15) is 44.7 Å². The zero-order valence-electron chi connectivity index (χ0n) is 18.9. The zero-order valence-corrected chi connectivity index (χ0v) is 18.9. The molecule has 0 aliphatic heterocycles. The largest absolute Gasteiger partial charge is 0.480 e. The van der Waals surface area contributed by atoms with E-state index in [1.807, 2.05) is 36.4 Å². The molecule has 7 heteroatoms. The third-order valence-corrected chi connectivity index (χ3v) is 6.00. The van der Waals surface area contributed by atoms with Gasteiger partial charge in [-0.2, -0.15) is 0 Å². The summed E-state index contributed by atoms with van der Waals surface area (Å²) in [5, 5.41) is 11.9. The number of amides is 2. The molecular formula is C25H30N2O5. The van der Waals surface area contributed by atoms with E-state index in [9.17, 15) is 19.5 Å². The summed E-state index contributed by atoms with van der Waals surface area (Å²) in [7, 11) is 0. The highest BCUT2D eigenvalue weighted by Gasteiger charge is 2.34. The molecule has 0 saturated carbocycles. The molecule has 0 radical (unpaired) electrons. The van der Waals surface area contributed by atoms with Crippen molar-refractivity contribution in [2.75, 3.05) is 13.2 Å². The van der Waals surface area contributed by atoms with Crippen LogP contribution >= 0.6 is 0 Å². The molecule has 1 aliphatic rings. The first-order chi connectivity index (χ1) is 15.3. The number of likely N-dealkylation sites (N-methyl/N-ethyl adjacent to an activating group) is 1. The van der Waals surface area contributed by atoms with E-state index in [0.717, 1.165) is 22.3 Å². The van der Waals surface area contributed by atoms with Gasteiger partial charge in [0.2, 0.25) is 5.91 Å². The average Bonchev–Trinajstić information content (AvgIpc) is 3.09. The fourth-order valence-corrected chi connectivity index (χ4v) is 4.21. The molecule has 7 nitrogen and oxygen atoms in total. The van der Waals surface area contributed by atoms with Gasteiger partial charge in [-0.25, -0.2) is 9.59 Å². The van der Waals surface area contributed by atoms with Gasteiger partial charge in [-0.3, -0.25) is 4.79 Å². The molecule has 3 rings (SSSR count). The minimum Gasteiger partial charge on any atom is -0.480 e. The van der Waals surface area contributed by atoms with Crippen LogP contribution in [0.3, 0.4) is 0 Å². The highest BCUT2D eigenvalue weighted by Crippen LogP contribution is 2.44. The number of carboxylic acid groups (broad SMARTS) is 1. The number of aliphatic carboxylic acids is 1. The SMILES string of the molecule is CCN(C(=O)[C@@H](NC(=O)OCC1c2ccccc2-c2ccccc21)C(C)C)C(C)C(=O)O. The Morgan fingerprint density at radius 2 is 1.53 bits per heavy atom. The molecule has 1 aliphatic carbocycles. The summed E-state index contributed by atoms with van der Waals surface area (Å²) in [6, 6.07) is 14.2. The number of ether oxygens (including phenoxy) is 1. The number of rotatable bonds is 8. The summed E-state index contributed by atoms with van der Waals surface area (Å²) in [5.74, 6) is -1.85. The molecule has 0 bridgehead atoms. The highest BCUT2D eigenvalue weighted by molar-refractivity contribution is 5.89. The zero-order chi connectivity index (χ0) is 23.4.